The van der Waals surface area contributed by atoms with Gasteiger partial charge in [0.1, 0.15) is 0 Å². The molecule has 1 rings (SSSR count). The van der Waals surface area contributed by atoms with Gasteiger partial charge in [0.2, 0.25) is 5.91 Å². The van der Waals surface area contributed by atoms with E-state index >= 15 is 0 Å². The Bertz CT molecular complexity index is 262. The van der Waals surface area contributed by atoms with Crippen LogP contribution in [0.1, 0.15) is 32.1 Å². The second-order valence-electron chi connectivity index (χ2n) is 4.32. The van der Waals surface area contributed by atoms with Gasteiger partial charge in [0.25, 0.3) is 0 Å². The number of hydrogen-bond donors (Lipinski definition) is 0. The Kier molecular flexibility index (Phi) is 6.34. The summed E-state index contributed by atoms with van der Waals surface area (Å²) in [5.74, 6) is 0.599. The van der Waals surface area contributed by atoms with Gasteiger partial charge in [0.05, 0.1) is 13.0 Å². The van der Waals surface area contributed by atoms with Crippen molar-refractivity contribution in [2.24, 2.45) is 5.92 Å². The lowest BCUT2D eigenvalue weighted by molar-refractivity contribution is -0.148. The van der Waals surface area contributed by atoms with E-state index in [1.807, 2.05) is 4.90 Å². The van der Waals surface area contributed by atoms with Crippen molar-refractivity contribution < 1.29 is 14.3 Å². The number of carbonyl (C=O) groups is 2. The number of alkyl halides is 1. The Hall–Kier alpha value is -0.770. The number of nitrogens with zero attached hydrogens (tertiary/aromatic N) is 1. The highest BCUT2D eigenvalue weighted by molar-refractivity contribution is 6.17. The summed E-state index contributed by atoms with van der Waals surface area (Å²) in [7, 11) is 1.41. The van der Waals surface area contributed by atoms with Gasteiger partial charge in [-0.05, 0) is 25.7 Å². The van der Waals surface area contributed by atoms with Gasteiger partial charge in [0.15, 0.2) is 0 Å². The maximum absolute atomic E-state index is 11.8. The fourth-order valence-corrected chi connectivity index (χ4v) is 2.25. The van der Waals surface area contributed by atoms with Gasteiger partial charge in [-0.3, -0.25) is 9.59 Å². The van der Waals surface area contributed by atoms with Crippen molar-refractivity contribution >= 4 is 23.5 Å². The molecule has 4 nitrogen and oxygen atoms in total. The van der Waals surface area contributed by atoms with E-state index in [0.29, 0.717) is 38.2 Å². The molecule has 0 unspecified atom stereocenters. The first-order valence-electron chi connectivity index (χ1n) is 6.10. The number of rotatable bonds is 5. The molecule has 0 radical (unpaired) electrons. The standard InChI is InChI=1S/C12H20ClNO3/c1-17-12(16)10-5-8-14(9-6-10)11(15)4-2-3-7-13/h10H,2-9H2,1H3. The van der Waals surface area contributed by atoms with Crippen LogP contribution in [0.3, 0.4) is 0 Å². The largest absolute Gasteiger partial charge is 0.469 e. The van der Waals surface area contributed by atoms with Gasteiger partial charge < -0.3 is 9.64 Å². The first kappa shape index (κ1) is 14.3. The van der Waals surface area contributed by atoms with Crippen molar-refractivity contribution in [2.45, 2.75) is 32.1 Å². The van der Waals surface area contributed by atoms with E-state index in [0.717, 1.165) is 12.8 Å². The maximum Gasteiger partial charge on any atom is 0.308 e. The molecule has 0 atom stereocenters. The molecular weight excluding hydrogens is 242 g/mol. The van der Waals surface area contributed by atoms with Crippen LogP contribution in [0.15, 0.2) is 0 Å². The van der Waals surface area contributed by atoms with Crippen LogP contribution in [0.5, 0.6) is 0 Å². The summed E-state index contributed by atoms with van der Waals surface area (Å²) in [6.45, 7) is 1.33. The summed E-state index contributed by atoms with van der Waals surface area (Å²) in [4.78, 5) is 24.9. The first-order chi connectivity index (χ1) is 8.19. The molecule has 5 heteroatoms. The molecule has 1 aliphatic rings. The molecule has 0 spiro atoms. The third-order valence-electron chi connectivity index (χ3n) is 3.16. The van der Waals surface area contributed by atoms with E-state index in [4.69, 9.17) is 16.3 Å². The Balaban J connectivity index is 2.26. The highest BCUT2D eigenvalue weighted by Gasteiger charge is 2.27. The number of esters is 1. The van der Waals surface area contributed by atoms with E-state index in [-0.39, 0.29) is 17.8 Å². The molecule has 0 aromatic carbocycles. The number of unbranched alkanes of at least 4 members (excludes halogenated alkanes) is 1. The number of likely N-dealkylation sites (tertiary alicyclic amines) is 1. The lowest BCUT2D eigenvalue weighted by Crippen LogP contribution is -2.40. The van der Waals surface area contributed by atoms with Crippen LogP contribution in [-0.2, 0) is 14.3 Å². The number of amides is 1. The van der Waals surface area contributed by atoms with Crippen LogP contribution in [-0.4, -0.2) is 42.9 Å². The molecule has 1 amide bonds. The number of hydrogen-bond acceptors (Lipinski definition) is 3. The quantitative estimate of drug-likeness (QED) is 0.431. The highest BCUT2D eigenvalue weighted by Crippen LogP contribution is 2.19. The minimum atomic E-state index is -0.153. The van der Waals surface area contributed by atoms with Crippen molar-refractivity contribution in [3.8, 4) is 0 Å². The van der Waals surface area contributed by atoms with Gasteiger partial charge >= 0.3 is 5.97 Å². The molecule has 0 aromatic heterocycles. The minimum Gasteiger partial charge on any atom is -0.469 e. The number of halogens is 1. The molecule has 0 saturated carbocycles. The predicted octanol–water partition coefficient (Wildman–Crippen LogP) is 1.81. The highest BCUT2D eigenvalue weighted by atomic mass is 35.5. The molecule has 0 aromatic rings. The lowest BCUT2D eigenvalue weighted by atomic mass is 9.97. The number of carbonyl (C=O) groups excluding carboxylic acids is 2. The van der Waals surface area contributed by atoms with Crippen molar-refractivity contribution in [2.75, 3.05) is 26.1 Å². The van der Waals surface area contributed by atoms with Crippen molar-refractivity contribution in [3.05, 3.63) is 0 Å². The smallest absolute Gasteiger partial charge is 0.308 e. The van der Waals surface area contributed by atoms with E-state index < -0.39 is 0 Å². The minimum absolute atomic E-state index is 0.0353. The Morgan fingerprint density at radius 1 is 1.29 bits per heavy atom. The second-order valence-corrected chi connectivity index (χ2v) is 4.70. The van der Waals surface area contributed by atoms with Crippen LogP contribution < -0.4 is 0 Å². The van der Waals surface area contributed by atoms with Crippen molar-refractivity contribution in [1.82, 2.24) is 4.90 Å². The third kappa shape index (κ3) is 4.54. The normalized spacial score (nSPS) is 16.9. The van der Waals surface area contributed by atoms with Crippen LogP contribution in [0, 0.1) is 5.92 Å². The summed E-state index contributed by atoms with van der Waals surface area (Å²) in [5, 5.41) is 0. The zero-order valence-electron chi connectivity index (χ0n) is 10.3. The molecule has 0 bridgehead atoms. The average Bonchev–Trinajstić information content (AvgIpc) is 2.38. The van der Waals surface area contributed by atoms with Crippen LogP contribution in [0.2, 0.25) is 0 Å². The predicted molar refractivity (Wildman–Crippen MR) is 65.9 cm³/mol. The summed E-state index contributed by atoms with van der Waals surface area (Å²) < 4.78 is 4.71. The Labute approximate surface area is 107 Å². The Morgan fingerprint density at radius 3 is 2.47 bits per heavy atom. The fraction of sp³-hybridized carbons (Fsp3) is 0.833. The van der Waals surface area contributed by atoms with Gasteiger partial charge in [-0.25, -0.2) is 0 Å². The fourth-order valence-electron chi connectivity index (χ4n) is 2.06. The van der Waals surface area contributed by atoms with E-state index in [1.165, 1.54) is 7.11 Å². The molecular formula is C12H20ClNO3. The number of ether oxygens (including phenoxy) is 1. The topological polar surface area (TPSA) is 46.6 Å². The third-order valence-corrected chi connectivity index (χ3v) is 3.42. The number of piperidine rings is 1. The molecule has 0 aliphatic carbocycles. The summed E-state index contributed by atoms with van der Waals surface area (Å²) in [6, 6.07) is 0. The lowest BCUT2D eigenvalue weighted by Gasteiger charge is -2.30. The van der Waals surface area contributed by atoms with Gasteiger partial charge in [0, 0.05) is 25.4 Å². The van der Waals surface area contributed by atoms with Crippen molar-refractivity contribution in [1.29, 1.82) is 0 Å². The molecule has 1 aliphatic heterocycles. The van der Waals surface area contributed by atoms with Gasteiger partial charge in [-0.1, -0.05) is 0 Å². The SMILES string of the molecule is COC(=O)C1CCN(C(=O)CCCCCl)CC1. The van der Waals surface area contributed by atoms with E-state index in [9.17, 15) is 9.59 Å². The first-order valence-corrected chi connectivity index (χ1v) is 6.64. The molecule has 0 N–H and O–H groups in total. The average molecular weight is 262 g/mol. The summed E-state index contributed by atoms with van der Waals surface area (Å²) in [6.07, 6.45) is 3.72. The maximum atomic E-state index is 11.8. The monoisotopic (exact) mass is 261 g/mol. The molecule has 1 saturated heterocycles. The molecule has 98 valence electrons. The second kappa shape index (κ2) is 7.54. The van der Waals surface area contributed by atoms with Crippen molar-refractivity contribution in [3.63, 3.8) is 0 Å². The Morgan fingerprint density at radius 2 is 1.94 bits per heavy atom. The zero-order valence-corrected chi connectivity index (χ0v) is 11.0. The van der Waals surface area contributed by atoms with E-state index in [2.05, 4.69) is 0 Å². The molecule has 17 heavy (non-hydrogen) atoms. The van der Waals surface area contributed by atoms with E-state index in [1.54, 1.807) is 0 Å². The van der Waals surface area contributed by atoms with Crippen LogP contribution in [0.25, 0.3) is 0 Å². The van der Waals surface area contributed by atoms with Crippen LogP contribution >= 0.6 is 11.6 Å². The number of methoxy groups -OCH3 is 1. The summed E-state index contributed by atoms with van der Waals surface area (Å²) >= 11 is 5.56. The molecule has 1 heterocycles. The summed E-state index contributed by atoms with van der Waals surface area (Å²) in [5.41, 5.74) is 0. The molecule has 1 fully saturated rings. The zero-order chi connectivity index (χ0) is 12.7. The van der Waals surface area contributed by atoms with Gasteiger partial charge in [-0.2, -0.15) is 0 Å². The van der Waals surface area contributed by atoms with Gasteiger partial charge in [-0.15, -0.1) is 11.6 Å². The van der Waals surface area contributed by atoms with Crippen LogP contribution in [0.4, 0.5) is 0 Å².